The Hall–Kier alpha value is -1.76. The zero-order valence-corrected chi connectivity index (χ0v) is 26.5. The van der Waals surface area contributed by atoms with Crippen molar-refractivity contribution in [1.82, 2.24) is 0 Å². The van der Waals surface area contributed by atoms with Crippen LogP contribution < -0.4 is 10.4 Å². The molecule has 6 nitrogen and oxygen atoms in total. The highest BCUT2D eigenvalue weighted by Crippen LogP contribution is 2.68. The molecule has 0 spiro atoms. The van der Waals surface area contributed by atoms with Gasteiger partial charge in [-0.15, -0.1) is 0 Å². The van der Waals surface area contributed by atoms with E-state index in [1.54, 1.807) is 34.6 Å². The second-order valence-corrected chi connectivity index (χ2v) is 18.6. The first-order chi connectivity index (χ1) is 17.6. The monoisotopic (exact) mass is 562 g/mol. The van der Waals surface area contributed by atoms with E-state index in [0.29, 0.717) is 6.61 Å². The van der Waals surface area contributed by atoms with Crippen LogP contribution in [0.3, 0.4) is 0 Å². The van der Waals surface area contributed by atoms with Crippen LogP contribution in [0.2, 0.25) is 5.04 Å². The molecule has 0 amide bonds. The molecule has 2 aromatic rings. The standard InChI is InChI=1S/C30H47O6PSi/c1-10-34-37(33,35-11-2)30(27(31)32,28(4,5)6)22-24(3)23-36-38(29(7,8)9,25-18-14-12-15-19-25)26-20-16-13-17-21-26/h12-21,24H,10-11,22-23H2,1-9H3,(H,31,32). The molecular formula is C30H47O6PSi. The smallest absolute Gasteiger partial charge is 0.348 e. The number of hydrogen-bond acceptors (Lipinski definition) is 5. The fourth-order valence-electron chi connectivity index (χ4n) is 5.54. The Morgan fingerprint density at radius 3 is 1.61 bits per heavy atom. The molecule has 38 heavy (non-hydrogen) atoms. The van der Waals surface area contributed by atoms with Crippen molar-refractivity contribution in [2.45, 2.75) is 78.9 Å². The van der Waals surface area contributed by atoms with Crippen molar-refractivity contribution in [2.75, 3.05) is 19.8 Å². The summed E-state index contributed by atoms with van der Waals surface area (Å²) in [7, 11) is -6.86. The molecule has 0 fully saturated rings. The van der Waals surface area contributed by atoms with Gasteiger partial charge in [0, 0.05) is 6.61 Å². The maximum atomic E-state index is 14.2. The number of carboxylic acids is 1. The van der Waals surface area contributed by atoms with Gasteiger partial charge in [0.15, 0.2) is 5.16 Å². The minimum absolute atomic E-state index is 0.0846. The van der Waals surface area contributed by atoms with Crippen LogP contribution in [0.1, 0.15) is 68.7 Å². The second kappa shape index (κ2) is 12.6. The van der Waals surface area contributed by atoms with E-state index in [9.17, 15) is 14.5 Å². The maximum Gasteiger partial charge on any atom is 0.348 e. The summed E-state index contributed by atoms with van der Waals surface area (Å²) in [5.41, 5.74) is -0.912. The van der Waals surface area contributed by atoms with Crippen LogP contribution >= 0.6 is 7.60 Å². The molecule has 2 unspecified atom stereocenters. The van der Waals surface area contributed by atoms with E-state index in [1.807, 2.05) is 43.3 Å². The number of carbonyl (C=O) groups is 1. The van der Waals surface area contributed by atoms with Crippen molar-refractivity contribution in [3.8, 4) is 0 Å². The van der Waals surface area contributed by atoms with Gasteiger partial charge in [-0.3, -0.25) is 9.36 Å². The van der Waals surface area contributed by atoms with Gasteiger partial charge < -0.3 is 18.6 Å². The van der Waals surface area contributed by atoms with Crippen LogP contribution in [0, 0.1) is 11.3 Å². The molecular weight excluding hydrogens is 515 g/mol. The number of benzene rings is 2. The lowest BCUT2D eigenvalue weighted by atomic mass is 9.75. The van der Waals surface area contributed by atoms with Gasteiger partial charge in [0.05, 0.1) is 13.2 Å². The summed E-state index contributed by atoms with van der Waals surface area (Å²) < 4.78 is 32.6. The second-order valence-electron chi connectivity index (χ2n) is 12.0. The Kier molecular flexibility index (Phi) is 10.8. The third-order valence-electron chi connectivity index (χ3n) is 7.31. The Bertz CT molecular complexity index is 1030. The van der Waals surface area contributed by atoms with E-state index in [4.69, 9.17) is 13.5 Å². The SMILES string of the molecule is CCOP(=O)(OCC)C(CC(C)CO[Si](c1ccccc1)(c1ccccc1)C(C)(C)C)(C(=O)O)C(C)(C)C. The first kappa shape index (κ1) is 32.4. The summed E-state index contributed by atoms with van der Waals surface area (Å²) in [6.45, 7) is 17.9. The number of hydrogen-bond donors (Lipinski definition) is 1. The Labute approximate surface area is 230 Å². The highest BCUT2D eigenvalue weighted by molar-refractivity contribution is 7.56. The molecule has 212 valence electrons. The fraction of sp³-hybridized carbons (Fsp3) is 0.567. The Balaban J connectivity index is 2.60. The third kappa shape index (κ3) is 6.18. The summed E-state index contributed by atoms with van der Waals surface area (Å²) in [5, 5.41) is 11.0. The molecule has 1 N–H and O–H groups in total. The highest BCUT2D eigenvalue weighted by atomic mass is 31.2. The lowest BCUT2D eigenvalue weighted by Gasteiger charge is -2.47. The average Bonchev–Trinajstić information content (AvgIpc) is 2.82. The van der Waals surface area contributed by atoms with Crippen LogP contribution in [-0.4, -0.2) is 44.4 Å². The van der Waals surface area contributed by atoms with E-state index in [0.717, 1.165) is 10.4 Å². The normalized spacial score (nSPS) is 15.6. The van der Waals surface area contributed by atoms with E-state index >= 15 is 0 Å². The van der Waals surface area contributed by atoms with Gasteiger partial charge in [-0.25, -0.2) is 0 Å². The van der Waals surface area contributed by atoms with Crippen molar-refractivity contribution in [1.29, 1.82) is 0 Å². The molecule has 0 radical (unpaired) electrons. The molecule has 0 saturated heterocycles. The fourth-order valence-corrected chi connectivity index (χ4v) is 13.0. The van der Waals surface area contributed by atoms with Gasteiger partial charge >= 0.3 is 13.6 Å². The maximum absolute atomic E-state index is 14.2. The molecule has 2 aromatic carbocycles. The van der Waals surface area contributed by atoms with Gasteiger partial charge in [0.25, 0.3) is 8.32 Å². The predicted octanol–water partition coefficient (Wildman–Crippen LogP) is 6.72. The lowest BCUT2D eigenvalue weighted by Crippen LogP contribution is -2.67. The van der Waals surface area contributed by atoms with E-state index in [-0.39, 0.29) is 30.6 Å². The van der Waals surface area contributed by atoms with Crippen LogP contribution in [0.4, 0.5) is 0 Å². The van der Waals surface area contributed by atoms with E-state index < -0.39 is 32.5 Å². The van der Waals surface area contributed by atoms with Gasteiger partial charge in [0.1, 0.15) is 0 Å². The number of rotatable bonds is 13. The Morgan fingerprint density at radius 1 is 0.868 bits per heavy atom. The van der Waals surface area contributed by atoms with E-state index in [2.05, 4.69) is 45.0 Å². The molecule has 8 heteroatoms. The average molecular weight is 563 g/mol. The topological polar surface area (TPSA) is 82.1 Å². The molecule has 2 rings (SSSR count). The van der Waals surface area contributed by atoms with Crippen molar-refractivity contribution in [2.24, 2.45) is 11.3 Å². The highest BCUT2D eigenvalue weighted by Gasteiger charge is 2.64. The molecule has 0 aliphatic heterocycles. The summed E-state index contributed by atoms with van der Waals surface area (Å²) in [4.78, 5) is 13.0. The van der Waals surface area contributed by atoms with Crippen molar-refractivity contribution in [3.63, 3.8) is 0 Å². The summed E-state index contributed by atoms with van der Waals surface area (Å²) in [5.74, 6) is -1.42. The Morgan fingerprint density at radius 2 is 1.29 bits per heavy atom. The third-order valence-corrected chi connectivity index (χ3v) is 15.5. The van der Waals surface area contributed by atoms with Crippen LogP contribution in [0.15, 0.2) is 60.7 Å². The zero-order chi connectivity index (χ0) is 28.8. The number of aliphatic carboxylic acids is 1. The van der Waals surface area contributed by atoms with Gasteiger partial charge in [0.2, 0.25) is 0 Å². The molecule has 0 aromatic heterocycles. The minimum atomic E-state index is -4.05. The van der Waals surface area contributed by atoms with Gasteiger partial charge in [-0.05, 0) is 47.0 Å². The zero-order valence-electron chi connectivity index (χ0n) is 24.6. The van der Waals surface area contributed by atoms with Gasteiger partial charge in [-0.1, -0.05) is 109 Å². The summed E-state index contributed by atoms with van der Waals surface area (Å²) >= 11 is 0. The summed E-state index contributed by atoms with van der Waals surface area (Å²) in [6.07, 6.45) is 0.0846. The molecule has 0 aliphatic carbocycles. The first-order valence-corrected chi connectivity index (χ1v) is 17.0. The van der Waals surface area contributed by atoms with Crippen molar-refractivity contribution in [3.05, 3.63) is 60.7 Å². The van der Waals surface area contributed by atoms with Crippen LogP contribution in [-0.2, 0) is 22.8 Å². The largest absolute Gasteiger partial charge is 0.480 e. The molecule has 0 aliphatic rings. The first-order valence-electron chi connectivity index (χ1n) is 13.5. The lowest BCUT2D eigenvalue weighted by molar-refractivity contribution is -0.145. The van der Waals surface area contributed by atoms with Crippen molar-refractivity contribution >= 4 is 32.3 Å². The van der Waals surface area contributed by atoms with Crippen LogP contribution in [0.25, 0.3) is 0 Å². The summed E-state index contributed by atoms with van der Waals surface area (Å²) in [6, 6.07) is 20.7. The predicted molar refractivity (Wildman–Crippen MR) is 158 cm³/mol. The quantitative estimate of drug-likeness (QED) is 0.215. The molecule has 0 heterocycles. The molecule has 2 atom stereocenters. The molecule has 0 saturated carbocycles. The van der Waals surface area contributed by atoms with E-state index in [1.165, 1.54) is 0 Å². The van der Waals surface area contributed by atoms with Crippen molar-refractivity contribution < 1.29 is 27.9 Å². The number of carboxylic acid groups (broad SMARTS) is 1. The minimum Gasteiger partial charge on any atom is -0.480 e. The molecule has 0 bridgehead atoms. The van der Waals surface area contributed by atoms with Gasteiger partial charge in [-0.2, -0.15) is 0 Å². The van der Waals surface area contributed by atoms with Crippen LogP contribution in [0.5, 0.6) is 0 Å².